The average molecular weight is 297 g/mol. The number of aryl methyl sites for hydroxylation is 1. The van der Waals surface area contributed by atoms with Gasteiger partial charge in [-0.05, 0) is 33.6 Å². The van der Waals surface area contributed by atoms with Crippen LogP contribution in [-0.4, -0.2) is 23.7 Å². The Kier molecular flexibility index (Phi) is 3.81. The van der Waals surface area contributed by atoms with Crippen molar-refractivity contribution in [3.05, 3.63) is 35.1 Å². The first-order valence-electron chi connectivity index (χ1n) is 5.11. The first-order valence-corrected chi connectivity index (χ1v) is 5.90. The molecule has 2 rings (SSSR count). The van der Waals surface area contributed by atoms with Crippen LogP contribution in [0, 0.1) is 0 Å². The van der Waals surface area contributed by atoms with Gasteiger partial charge >= 0.3 is 0 Å². The number of halogens is 1. The lowest BCUT2D eigenvalue weighted by molar-refractivity contribution is 0.0506. The number of rotatable bonds is 4. The van der Waals surface area contributed by atoms with E-state index in [0.717, 1.165) is 21.3 Å². The van der Waals surface area contributed by atoms with E-state index in [1.165, 1.54) is 0 Å². The Morgan fingerprint density at radius 1 is 1.35 bits per heavy atom. The van der Waals surface area contributed by atoms with Gasteiger partial charge in [0, 0.05) is 25.9 Å². The summed E-state index contributed by atoms with van der Waals surface area (Å²) in [6.45, 7) is 0.231. The lowest BCUT2D eigenvalue weighted by atomic mass is 10.1. The molecule has 0 radical (unpaired) electrons. The van der Waals surface area contributed by atoms with Gasteiger partial charge in [-0.15, -0.1) is 0 Å². The maximum Gasteiger partial charge on any atom is 0.188 e. The molecule has 1 heterocycles. The molecule has 2 aromatic rings. The molecule has 17 heavy (non-hydrogen) atoms. The second kappa shape index (κ2) is 5.33. The van der Waals surface area contributed by atoms with Gasteiger partial charge in [0.1, 0.15) is 5.75 Å². The van der Waals surface area contributed by atoms with Gasteiger partial charge in [-0.1, -0.05) is 6.07 Å². The van der Waals surface area contributed by atoms with Crippen LogP contribution < -0.4 is 4.74 Å². The molecule has 0 saturated heterocycles. The second-order valence-electron chi connectivity index (χ2n) is 3.60. The first kappa shape index (κ1) is 12.1. The zero-order valence-corrected chi connectivity index (χ0v) is 11.3. The number of nitrogens with zero attached hydrogens (tertiary/aromatic N) is 2. The Hall–Kier alpha value is -1.33. The van der Waals surface area contributed by atoms with Crippen LogP contribution in [0.2, 0.25) is 0 Å². The molecule has 4 nitrogen and oxygen atoms in total. The Morgan fingerprint density at radius 3 is 2.82 bits per heavy atom. The third kappa shape index (κ3) is 2.87. The fraction of sp³-hybridized carbons (Fsp3) is 0.250. The minimum atomic E-state index is 0.231. The molecule has 1 aromatic carbocycles. The van der Waals surface area contributed by atoms with E-state index in [2.05, 4.69) is 21.0 Å². The van der Waals surface area contributed by atoms with Crippen LogP contribution in [0.5, 0.6) is 5.75 Å². The van der Waals surface area contributed by atoms with E-state index < -0.39 is 0 Å². The molecule has 0 aliphatic carbocycles. The fourth-order valence-electron chi connectivity index (χ4n) is 1.49. The highest BCUT2D eigenvalue weighted by Gasteiger charge is 2.06. The Morgan fingerprint density at radius 2 is 2.18 bits per heavy atom. The highest BCUT2D eigenvalue weighted by Crippen LogP contribution is 2.30. The summed E-state index contributed by atoms with van der Waals surface area (Å²) in [5, 5.41) is 4.15. The molecule has 90 valence electrons. The normalized spacial score (nSPS) is 10.5. The molecule has 0 N–H and O–H groups in total. The van der Waals surface area contributed by atoms with E-state index >= 15 is 0 Å². The van der Waals surface area contributed by atoms with E-state index in [-0.39, 0.29) is 6.79 Å². The highest BCUT2D eigenvalue weighted by molar-refractivity contribution is 9.10. The van der Waals surface area contributed by atoms with Crippen LogP contribution in [-0.2, 0) is 11.8 Å². The molecule has 0 saturated carbocycles. The van der Waals surface area contributed by atoms with Crippen molar-refractivity contribution in [3.63, 3.8) is 0 Å². The van der Waals surface area contributed by atoms with Gasteiger partial charge in [-0.3, -0.25) is 4.68 Å². The molecular formula is C12H13BrN2O2. The second-order valence-corrected chi connectivity index (χ2v) is 4.45. The summed E-state index contributed by atoms with van der Waals surface area (Å²) in [4.78, 5) is 0. The summed E-state index contributed by atoms with van der Waals surface area (Å²) in [5.41, 5.74) is 2.12. The highest BCUT2D eigenvalue weighted by atomic mass is 79.9. The summed E-state index contributed by atoms with van der Waals surface area (Å²) in [6.07, 6.45) is 3.78. The van der Waals surface area contributed by atoms with Crippen molar-refractivity contribution in [3.8, 4) is 16.9 Å². The minimum absolute atomic E-state index is 0.231. The zero-order valence-electron chi connectivity index (χ0n) is 9.68. The third-order valence-electron chi connectivity index (χ3n) is 2.30. The van der Waals surface area contributed by atoms with Crippen LogP contribution in [0.1, 0.15) is 0 Å². The number of methoxy groups -OCH3 is 1. The molecule has 0 aliphatic heterocycles. The maximum absolute atomic E-state index is 5.46. The van der Waals surface area contributed by atoms with Gasteiger partial charge in [0.15, 0.2) is 6.79 Å². The zero-order chi connectivity index (χ0) is 12.3. The lowest BCUT2D eigenvalue weighted by Crippen LogP contribution is -1.99. The predicted octanol–water partition coefficient (Wildman–Crippen LogP) is 2.83. The smallest absolute Gasteiger partial charge is 0.188 e. The molecule has 0 fully saturated rings. The molecule has 0 spiro atoms. The summed E-state index contributed by atoms with van der Waals surface area (Å²) in [7, 11) is 3.49. The van der Waals surface area contributed by atoms with Gasteiger partial charge in [-0.2, -0.15) is 5.10 Å². The van der Waals surface area contributed by atoms with Crippen molar-refractivity contribution in [1.29, 1.82) is 0 Å². The van der Waals surface area contributed by atoms with Crippen LogP contribution in [0.15, 0.2) is 35.1 Å². The molecular weight excluding hydrogens is 284 g/mol. The van der Waals surface area contributed by atoms with Gasteiger partial charge < -0.3 is 9.47 Å². The third-order valence-corrected chi connectivity index (χ3v) is 2.96. The molecule has 5 heteroatoms. The van der Waals surface area contributed by atoms with E-state index in [9.17, 15) is 0 Å². The Labute approximate surface area is 108 Å². The van der Waals surface area contributed by atoms with E-state index in [1.807, 2.05) is 37.6 Å². The standard InChI is InChI=1S/C12H13BrN2O2/c1-15-7-10(6-14-15)9-3-4-11(13)12(5-9)17-8-16-2/h3-7H,8H2,1-2H3. The Bertz CT molecular complexity index is 511. The van der Waals surface area contributed by atoms with Gasteiger partial charge in [0.2, 0.25) is 0 Å². The quantitative estimate of drug-likeness (QED) is 0.814. The van der Waals surface area contributed by atoms with Crippen molar-refractivity contribution in [1.82, 2.24) is 9.78 Å². The molecule has 0 atom stereocenters. The van der Waals surface area contributed by atoms with Crippen LogP contribution in [0.4, 0.5) is 0 Å². The van der Waals surface area contributed by atoms with Crippen molar-refractivity contribution in [2.24, 2.45) is 7.05 Å². The predicted molar refractivity (Wildman–Crippen MR) is 68.8 cm³/mol. The largest absolute Gasteiger partial charge is 0.466 e. The monoisotopic (exact) mass is 296 g/mol. The average Bonchev–Trinajstić information content (AvgIpc) is 2.75. The van der Waals surface area contributed by atoms with E-state index in [0.29, 0.717) is 0 Å². The summed E-state index contributed by atoms with van der Waals surface area (Å²) in [6, 6.07) is 5.92. The van der Waals surface area contributed by atoms with Crippen molar-refractivity contribution < 1.29 is 9.47 Å². The summed E-state index contributed by atoms with van der Waals surface area (Å²) < 4.78 is 13.0. The van der Waals surface area contributed by atoms with Crippen molar-refractivity contribution in [2.45, 2.75) is 0 Å². The van der Waals surface area contributed by atoms with Crippen molar-refractivity contribution in [2.75, 3.05) is 13.9 Å². The van der Waals surface area contributed by atoms with Crippen LogP contribution in [0.3, 0.4) is 0 Å². The van der Waals surface area contributed by atoms with Crippen LogP contribution in [0.25, 0.3) is 11.1 Å². The molecule has 0 unspecified atom stereocenters. The van der Waals surface area contributed by atoms with Gasteiger partial charge in [0.25, 0.3) is 0 Å². The maximum atomic E-state index is 5.46. The number of hydrogen-bond donors (Lipinski definition) is 0. The van der Waals surface area contributed by atoms with E-state index in [1.54, 1.807) is 11.8 Å². The SMILES string of the molecule is COCOc1cc(-c2cnn(C)c2)ccc1Br. The Balaban J connectivity index is 2.30. The lowest BCUT2D eigenvalue weighted by Gasteiger charge is -2.08. The molecule has 0 aliphatic rings. The van der Waals surface area contributed by atoms with Gasteiger partial charge in [0.05, 0.1) is 10.7 Å². The number of ether oxygens (including phenoxy) is 2. The number of hydrogen-bond acceptors (Lipinski definition) is 3. The summed E-state index contributed by atoms with van der Waals surface area (Å²) >= 11 is 3.44. The minimum Gasteiger partial charge on any atom is -0.466 e. The first-order chi connectivity index (χ1) is 8.20. The topological polar surface area (TPSA) is 36.3 Å². The summed E-state index contributed by atoms with van der Waals surface area (Å²) in [5.74, 6) is 0.758. The van der Waals surface area contributed by atoms with Crippen molar-refractivity contribution >= 4 is 15.9 Å². The van der Waals surface area contributed by atoms with Gasteiger partial charge in [-0.25, -0.2) is 0 Å². The molecule has 1 aromatic heterocycles. The van der Waals surface area contributed by atoms with E-state index in [4.69, 9.17) is 9.47 Å². The number of benzene rings is 1. The molecule has 0 bridgehead atoms. The number of aromatic nitrogens is 2. The molecule has 0 amide bonds. The fourth-order valence-corrected chi connectivity index (χ4v) is 1.85. The van der Waals surface area contributed by atoms with Crippen LogP contribution >= 0.6 is 15.9 Å².